The van der Waals surface area contributed by atoms with E-state index in [1.807, 2.05) is 6.92 Å². The molecule has 0 fully saturated rings. The average molecular weight is 228 g/mol. The third-order valence-electron chi connectivity index (χ3n) is 1.83. The number of nitrogens with zero attached hydrogens (tertiary/aromatic N) is 3. The van der Waals surface area contributed by atoms with Gasteiger partial charge < -0.3 is 5.32 Å². The Bertz CT molecular complexity index is 495. The van der Waals surface area contributed by atoms with Gasteiger partial charge in [-0.25, -0.2) is 9.97 Å². The molecule has 0 aliphatic heterocycles. The second-order valence-corrected chi connectivity index (χ2v) is 2.86. The van der Waals surface area contributed by atoms with Crippen LogP contribution in [0.2, 0.25) is 0 Å². The summed E-state index contributed by atoms with van der Waals surface area (Å²) in [6.45, 7) is 1.81. The molecule has 0 saturated carbocycles. The van der Waals surface area contributed by atoms with E-state index in [9.17, 15) is 4.79 Å². The zero-order chi connectivity index (χ0) is 10.1. The van der Waals surface area contributed by atoms with Gasteiger partial charge in [0.15, 0.2) is 11.3 Å². The molecule has 1 amide bonds. The van der Waals surface area contributed by atoms with E-state index in [-0.39, 0.29) is 24.0 Å². The van der Waals surface area contributed by atoms with Crippen molar-refractivity contribution in [1.29, 1.82) is 0 Å². The van der Waals surface area contributed by atoms with E-state index >= 15 is 0 Å². The van der Waals surface area contributed by atoms with Crippen LogP contribution >= 0.6 is 12.4 Å². The number of hydrogen-bond acceptors (Lipinski definition) is 4. The quantitative estimate of drug-likeness (QED) is 0.741. The SMILES string of the molecule is CNC(=O)c1n[nH]c2ncc(C)nc12.Cl. The van der Waals surface area contributed by atoms with Gasteiger partial charge >= 0.3 is 0 Å². The highest BCUT2D eigenvalue weighted by molar-refractivity contribution is 6.02. The summed E-state index contributed by atoms with van der Waals surface area (Å²) >= 11 is 0. The molecule has 2 aromatic heterocycles. The number of carbonyl (C=O) groups excluding carboxylic acids is 1. The molecular formula is C8H10ClN5O. The smallest absolute Gasteiger partial charge is 0.273 e. The van der Waals surface area contributed by atoms with E-state index in [0.717, 1.165) is 5.69 Å². The summed E-state index contributed by atoms with van der Waals surface area (Å²) in [6, 6.07) is 0. The monoisotopic (exact) mass is 227 g/mol. The maximum absolute atomic E-state index is 11.3. The summed E-state index contributed by atoms with van der Waals surface area (Å²) in [4.78, 5) is 19.6. The van der Waals surface area contributed by atoms with Gasteiger partial charge in [-0.05, 0) is 6.92 Å². The topological polar surface area (TPSA) is 83.6 Å². The van der Waals surface area contributed by atoms with Crippen molar-refractivity contribution >= 4 is 29.5 Å². The van der Waals surface area contributed by atoms with Crippen LogP contribution in [0.5, 0.6) is 0 Å². The van der Waals surface area contributed by atoms with Crippen LogP contribution in [0.15, 0.2) is 6.20 Å². The van der Waals surface area contributed by atoms with Crippen molar-refractivity contribution in [3.05, 3.63) is 17.6 Å². The Morgan fingerprint density at radius 1 is 1.53 bits per heavy atom. The van der Waals surface area contributed by atoms with Crippen molar-refractivity contribution in [2.75, 3.05) is 7.05 Å². The van der Waals surface area contributed by atoms with Gasteiger partial charge in [0, 0.05) is 7.05 Å². The first kappa shape index (κ1) is 11.4. The van der Waals surface area contributed by atoms with Gasteiger partial charge in [-0.15, -0.1) is 12.4 Å². The highest BCUT2D eigenvalue weighted by Gasteiger charge is 2.14. The Labute approximate surface area is 91.9 Å². The Balaban J connectivity index is 0.00000112. The van der Waals surface area contributed by atoms with Crippen LogP contribution in [-0.4, -0.2) is 33.1 Å². The maximum Gasteiger partial charge on any atom is 0.273 e. The molecule has 0 radical (unpaired) electrons. The van der Waals surface area contributed by atoms with Gasteiger partial charge in [0.25, 0.3) is 5.91 Å². The van der Waals surface area contributed by atoms with E-state index in [1.54, 1.807) is 13.2 Å². The van der Waals surface area contributed by atoms with Crippen LogP contribution in [0.4, 0.5) is 0 Å². The zero-order valence-electron chi connectivity index (χ0n) is 8.24. The molecule has 2 N–H and O–H groups in total. The number of fused-ring (bicyclic) bond motifs is 1. The third kappa shape index (κ3) is 1.89. The van der Waals surface area contributed by atoms with E-state index in [4.69, 9.17) is 0 Å². The van der Waals surface area contributed by atoms with Crippen LogP contribution in [0, 0.1) is 6.92 Å². The second-order valence-electron chi connectivity index (χ2n) is 2.86. The van der Waals surface area contributed by atoms with Gasteiger partial charge in [-0.3, -0.25) is 9.89 Å². The lowest BCUT2D eigenvalue weighted by molar-refractivity contribution is 0.0959. The lowest BCUT2D eigenvalue weighted by Crippen LogP contribution is -2.18. The minimum Gasteiger partial charge on any atom is -0.354 e. The molecule has 7 heteroatoms. The number of aromatic nitrogens is 4. The number of hydrogen-bond donors (Lipinski definition) is 2. The summed E-state index contributed by atoms with van der Waals surface area (Å²) < 4.78 is 0. The molecule has 15 heavy (non-hydrogen) atoms. The average Bonchev–Trinajstić information content (AvgIpc) is 2.59. The molecule has 0 aliphatic carbocycles. The Morgan fingerprint density at radius 2 is 2.27 bits per heavy atom. The summed E-state index contributed by atoms with van der Waals surface area (Å²) in [5.74, 6) is -0.267. The molecule has 2 aromatic rings. The number of carbonyl (C=O) groups is 1. The first-order valence-corrected chi connectivity index (χ1v) is 4.12. The van der Waals surface area contributed by atoms with Gasteiger partial charge in [0.2, 0.25) is 0 Å². The zero-order valence-corrected chi connectivity index (χ0v) is 9.05. The number of amides is 1. The van der Waals surface area contributed by atoms with Crippen molar-refractivity contribution in [2.45, 2.75) is 6.92 Å². The van der Waals surface area contributed by atoms with E-state index in [0.29, 0.717) is 11.2 Å². The normalized spacial score (nSPS) is 9.73. The van der Waals surface area contributed by atoms with Gasteiger partial charge in [0.1, 0.15) is 5.52 Å². The van der Waals surface area contributed by atoms with Crippen molar-refractivity contribution in [3.63, 3.8) is 0 Å². The molecule has 0 saturated heterocycles. The van der Waals surface area contributed by atoms with E-state index in [1.165, 1.54) is 0 Å². The van der Waals surface area contributed by atoms with E-state index < -0.39 is 0 Å². The van der Waals surface area contributed by atoms with Crippen LogP contribution in [0.1, 0.15) is 16.2 Å². The lowest BCUT2D eigenvalue weighted by atomic mass is 10.3. The fraction of sp³-hybridized carbons (Fsp3) is 0.250. The van der Waals surface area contributed by atoms with Gasteiger partial charge in [-0.2, -0.15) is 5.10 Å². The highest BCUT2D eigenvalue weighted by Crippen LogP contribution is 2.10. The first-order valence-electron chi connectivity index (χ1n) is 4.12. The molecule has 6 nitrogen and oxygen atoms in total. The predicted octanol–water partition coefficient (Wildman–Crippen LogP) is 0.443. The Kier molecular flexibility index (Phi) is 3.21. The first-order chi connectivity index (χ1) is 6.72. The van der Waals surface area contributed by atoms with Crippen LogP contribution in [-0.2, 0) is 0 Å². The lowest BCUT2D eigenvalue weighted by Gasteiger charge is -1.94. The predicted molar refractivity (Wildman–Crippen MR) is 57.1 cm³/mol. The minimum absolute atomic E-state index is 0. The molecule has 2 heterocycles. The fourth-order valence-electron chi connectivity index (χ4n) is 1.16. The standard InChI is InChI=1S/C8H9N5O.ClH/c1-4-3-10-7-5(11-4)6(12-13-7)8(14)9-2;/h3H,1-2H3,(H,9,14)(H,10,12,13);1H. The van der Waals surface area contributed by atoms with Crippen molar-refractivity contribution < 1.29 is 4.79 Å². The Morgan fingerprint density at radius 3 is 2.93 bits per heavy atom. The van der Waals surface area contributed by atoms with Crippen LogP contribution < -0.4 is 5.32 Å². The molecule has 0 spiro atoms. The Hall–Kier alpha value is -1.69. The number of H-pyrrole nitrogens is 1. The number of rotatable bonds is 1. The summed E-state index contributed by atoms with van der Waals surface area (Å²) in [7, 11) is 1.55. The number of nitrogens with one attached hydrogen (secondary N) is 2. The molecule has 0 bridgehead atoms. The van der Waals surface area contributed by atoms with Crippen molar-refractivity contribution in [1.82, 2.24) is 25.5 Å². The van der Waals surface area contributed by atoms with Crippen LogP contribution in [0.3, 0.4) is 0 Å². The molecule has 0 aliphatic rings. The fourth-order valence-corrected chi connectivity index (χ4v) is 1.16. The maximum atomic E-state index is 11.3. The van der Waals surface area contributed by atoms with E-state index in [2.05, 4.69) is 25.5 Å². The van der Waals surface area contributed by atoms with Crippen LogP contribution in [0.25, 0.3) is 11.2 Å². The molecule has 0 atom stereocenters. The molecule has 2 rings (SSSR count). The summed E-state index contributed by atoms with van der Waals surface area (Å²) in [5, 5.41) is 8.98. The number of aryl methyl sites for hydroxylation is 1. The highest BCUT2D eigenvalue weighted by atomic mass is 35.5. The second kappa shape index (κ2) is 4.22. The largest absolute Gasteiger partial charge is 0.354 e. The molecule has 0 unspecified atom stereocenters. The van der Waals surface area contributed by atoms with Gasteiger partial charge in [0.05, 0.1) is 11.9 Å². The molecule has 0 aromatic carbocycles. The molecule has 80 valence electrons. The van der Waals surface area contributed by atoms with Crippen molar-refractivity contribution in [3.8, 4) is 0 Å². The molecular weight excluding hydrogens is 218 g/mol. The summed E-state index contributed by atoms with van der Waals surface area (Å²) in [6.07, 6.45) is 1.62. The summed E-state index contributed by atoms with van der Waals surface area (Å²) in [5.41, 5.74) is 2.06. The number of aromatic amines is 1. The minimum atomic E-state index is -0.267. The third-order valence-corrected chi connectivity index (χ3v) is 1.83. The van der Waals surface area contributed by atoms with Crippen molar-refractivity contribution in [2.24, 2.45) is 0 Å². The number of halogens is 1. The van der Waals surface area contributed by atoms with Gasteiger partial charge in [-0.1, -0.05) is 0 Å².